The van der Waals surface area contributed by atoms with Crippen molar-refractivity contribution >= 4 is 23.4 Å². The number of aromatic hydroxyl groups is 2. The molecule has 1 heterocycles. The molecule has 0 saturated carbocycles. The maximum absolute atomic E-state index is 12.5. The molecule has 1 aliphatic heterocycles. The van der Waals surface area contributed by atoms with Gasteiger partial charge in [0.2, 0.25) is 0 Å². The van der Waals surface area contributed by atoms with E-state index in [1.807, 2.05) is 0 Å². The largest absolute Gasteiger partial charge is 0.507 e. The highest BCUT2D eigenvalue weighted by atomic mass is 35.5. The summed E-state index contributed by atoms with van der Waals surface area (Å²) in [5.41, 5.74) is -0.387. The van der Waals surface area contributed by atoms with Crippen LogP contribution in [0.15, 0.2) is 30.4 Å². The van der Waals surface area contributed by atoms with Crippen LogP contribution in [0.2, 0.25) is 5.02 Å². The minimum Gasteiger partial charge on any atom is -0.507 e. The van der Waals surface area contributed by atoms with Gasteiger partial charge in [0.25, 0.3) is 0 Å². The Morgan fingerprint density at radius 2 is 1.85 bits per heavy atom. The molecule has 8 heteroatoms. The SMILES string of the molecule is C[C@@H]1C[C@H](O)[C@@H](O)C=CC=CC(=O)Cc2c(Cl)c(O)cc(O)c2C(=O)O1. The van der Waals surface area contributed by atoms with Gasteiger partial charge < -0.3 is 25.2 Å². The van der Waals surface area contributed by atoms with Gasteiger partial charge in [-0.05, 0) is 13.0 Å². The summed E-state index contributed by atoms with van der Waals surface area (Å²) in [6.07, 6.45) is 1.64. The number of carbonyl (C=O) groups is 2. The van der Waals surface area contributed by atoms with Crippen LogP contribution < -0.4 is 0 Å². The van der Waals surface area contributed by atoms with Crippen LogP contribution in [0.25, 0.3) is 0 Å². The summed E-state index contributed by atoms with van der Waals surface area (Å²) in [5, 5.41) is 39.4. The van der Waals surface area contributed by atoms with E-state index in [-0.39, 0.29) is 29.0 Å². The normalized spacial score (nSPS) is 24.7. The standard InChI is InChI=1S/C18H19ClO7/c1-9-6-13(22)12(21)5-3-2-4-10(20)7-11-16(18(25)26-9)14(23)8-15(24)17(11)19/h2-5,8-9,12-13,21-24H,6-7H2,1H3/t9-,12+,13+/m1/s1. The fraction of sp³-hybridized carbons (Fsp3) is 0.333. The van der Waals surface area contributed by atoms with Crippen LogP contribution in [-0.4, -0.2) is 50.5 Å². The summed E-state index contributed by atoms with van der Waals surface area (Å²) >= 11 is 6.01. The number of ketones is 1. The van der Waals surface area contributed by atoms with Gasteiger partial charge in [-0.3, -0.25) is 4.79 Å². The summed E-state index contributed by atoms with van der Waals surface area (Å²) in [7, 11) is 0. The number of hydrogen-bond acceptors (Lipinski definition) is 7. The molecular formula is C18H19ClO7. The third-order valence-corrected chi connectivity index (χ3v) is 4.28. The van der Waals surface area contributed by atoms with E-state index in [0.29, 0.717) is 0 Å². The summed E-state index contributed by atoms with van der Waals surface area (Å²) < 4.78 is 5.19. The Morgan fingerprint density at radius 1 is 1.15 bits per heavy atom. The number of aliphatic hydroxyl groups excluding tert-OH is 2. The number of benzene rings is 1. The Balaban J connectivity index is 2.51. The molecule has 2 rings (SSSR count). The minimum atomic E-state index is -1.20. The van der Waals surface area contributed by atoms with Gasteiger partial charge >= 0.3 is 5.97 Å². The molecule has 0 aliphatic carbocycles. The Kier molecular flexibility index (Phi) is 6.42. The van der Waals surface area contributed by atoms with Crippen LogP contribution in [0.3, 0.4) is 0 Å². The highest BCUT2D eigenvalue weighted by Gasteiger charge is 2.27. The zero-order valence-corrected chi connectivity index (χ0v) is 14.7. The lowest BCUT2D eigenvalue weighted by molar-refractivity contribution is -0.114. The van der Waals surface area contributed by atoms with Crippen molar-refractivity contribution in [2.45, 2.75) is 38.1 Å². The number of fused-ring (bicyclic) bond motifs is 1. The van der Waals surface area contributed by atoms with E-state index in [1.165, 1.54) is 31.2 Å². The molecule has 3 atom stereocenters. The smallest absolute Gasteiger partial charge is 0.342 e. The topological polar surface area (TPSA) is 124 Å². The molecule has 1 aromatic carbocycles. The maximum Gasteiger partial charge on any atom is 0.342 e. The third-order valence-electron chi connectivity index (χ3n) is 3.85. The van der Waals surface area contributed by atoms with Gasteiger partial charge in [-0.1, -0.05) is 29.8 Å². The fourth-order valence-electron chi connectivity index (χ4n) is 2.55. The Bertz CT molecular complexity index is 769. The number of esters is 1. The number of cyclic esters (lactones) is 1. The van der Waals surface area contributed by atoms with Crippen molar-refractivity contribution < 1.29 is 34.8 Å². The number of aliphatic hydroxyl groups is 2. The molecule has 7 nitrogen and oxygen atoms in total. The first kappa shape index (κ1) is 20.0. The number of phenolic OH excluding ortho intramolecular Hbond substituents is 2. The molecule has 1 aromatic rings. The average Bonchev–Trinajstić information content (AvgIpc) is 2.54. The third kappa shape index (κ3) is 4.63. The Hall–Kier alpha value is -2.35. The molecule has 4 N–H and O–H groups in total. The monoisotopic (exact) mass is 382 g/mol. The summed E-state index contributed by atoms with van der Waals surface area (Å²) in [5.74, 6) is -2.47. The number of phenols is 2. The first-order valence-electron chi connectivity index (χ1n) is 7.88. The molecule has 0 fully saturated rings. The predicted molar refractivity (Wildman–Crippen MR) is 93.3 cm³/mol. The van der Waals surface area contributed by atoms with E-state index in [9.17, 15) is 30.0 Å². The molecule has 0 aromatic heterocycles. The van der Waals surface area contributed by atoms with Crippen LogP contribution in [0.4, 0.5) is 0 Å². The minimum absolute atomic E-state index is 0.0538. The quantitative estimate of drug-likeness (QED) is 0.503. The molecule has 0 amide bonds. The number of halogens is 1. The number of carbonyl (C=O) groups excluding carboxylic acids is 2. The lowest BCUT2D eigenvalue weighted by atomic mass is 9.99. The van der Waals surface area contributed by atoms with Crippen LogP contribution in [0, 0.1) is 0 Å². The molecule has 0 unspecified atom stereocenters. The van der Waals surface area contributed by atoms with Crippen molar-refractivity contribution in [2.75, 3.05) is 0 Å². The van der Waals surface area contributed by atoms with Gasteiger partial charge in [0.05, 0.1) is 17.2 Å². The fourth-order valence-corrected chi connectivity index (χ4v) is 2.77. The molecule has 1 aliphatic rings. The lowest BCUT2D eigenvalue weighted by Gasteiger charge is -2.21. The molecule has 26 heavy (non-hydrogen) atoms. The first-order valence-corrected chi connectivity index (χ1v) is 8.26. The van der Waals surface area contributed by atoms with E-state index in [0.717, 1.165) is 6.07 Å². The molecule has 0 spiro atoms. The summed E-state index contributed by atoms with van der Waals surface area (Å²) in [6.45, 7) is 1.51. The van der Waals surface area contributed by atoms with Crippen molar-refractivity contribution in [1.29, 1.82) is 0 Å². The number of hydrogen-bond donors (Lipinski definition) is 4. The number of rotatable bonds is 0. The van der Waals surface area contributed by atoms with Crippen molar-refractivity contribution in [1.82, 2.24) is 0 Å². The highest BCUT2D eigenvalue weighted by molar-refractivity contribution is 6.33. The van der Waals surface area contributed by atoms with Gasteiger partial charge in [-0.15, -0.1) is 0 Å². The molecule has 0 saturated heterocycles. The van der Waals surface area contributed by atoms with E-state index in [4.69, 9.17) is 16.3 Å². The molecule has 0 bridgehead atoms. The van der Waals surface area contributed by atoms with Crippen LogP contribution >= 0.6 is 11.6 Å². The van der Waals surface area contributed by atoms with Crippen molar-refractivity contribution in [2.24, 2.45) is 0 Å². The Morgan fingerprint density at radius 3 is 2.54 bits per heavy atom. The average molecular weight is 383 g/mol. The second-order valence-corrected chi connectivity index (χ2v) is 6.36. The van der Waals surface area contributed by atoms with E-state index >= 15 is 0 Å². The van der Waals surface area contributed by atoms with Crippen molar-refractivity contribution in [3.8, 4) is 11.5 Å². The van der Waals surface area contributed by atoms with E-state index in [2.05, 4.69) is 0 Å². The van der Waals surface area contributed by atoms with E-state index in [1.54, 1.807) is 0 Å². The van der Waals surface area contributed by atoms with Crippen LogP contribution in [0.1, 0.15) is 29.3 Å². The van der Waals surface area contributed by atoms with Crippen molar-refractivity contribution in [3.05, 3.63) is 46.5 Å². The Labute approximate surface area is 154 Å². The van der Waals surface area contributed by atoms with Crippen molar-refractivity contribution in [3.63, 3.8) is 0 Å². The predicted octanol–water partition coefficient (Wildman–Crippen LogP) is 1.65. The van der Waals surface area contributed by atoms with Crippen LogP contribution in [-0.2, 0) is 16.0 Å². The van der Waals surface area contributed by atoms with Gasteiger partial charge in [0.15, 0.2) is 5.78 Å². The van der Waals surface area contributed by atoms with Gasteiger partial charge in [-0.2, -0.15) is 0 Å². The summed E-state index contributed by atoms with van der Waals surface area (Å²) in [6, 6.07) is 0.887. The summed E-state index contributed by atoms with van der Waals surface area (Å²) in [4.78, 5) is 24.6. The molecule has 140 valence electrons. The lowest BCUT2D eigenvalue weighted by Crippen LogP contribution is -2.30. The molecular weight excluding hydrogens is 364 g/mol. The van der Waals surface area contributed by atoms with E-state index < -0.39 is 41.6 Å². The first-order chi connectivity index (χ1) is 12.2. The second kappa shape index (κ2) is 8.35. The van der Waals surface area contributed by atoms with Gasteiger partial charge in [0.1, 0.15) is 23.2 Å². The van der Waals surface area contributed by atoms with Gasteiger partial charge in [-0.25, -0.2) is 4.79 Å². The zero-order chi connectivity index (χ0) is 19.4. The zero-order valence-electron chi connectivity index (χ0n) is 13.9. The van der Waals surface area contributed by atoms with Gasteiger partial charge in [0, 0.05) is 24.5 Å². The second-order valence-electron chi connectivity index (χ2n) is 5.98. The maximum atomic E-state index is 12.5. The highest BCUT2D eigenvalue weighted by Crippen LogP contribution is 2.37. The number of allylic oxidation sites excluding steroid dienone is 3. The van der Waals surface area contributed by atoms with Crippen LogP contribution in [0.5, 0.6) is 11.5 Å². The number of ether oxygens (including phenoxy) is 1. The molecule has 0 radical (unpaired) electrons.